The van der Waals surface area contributed by atoms with Gasteiger partial charge in [-0.3, -0.25) is 4.79 Å². The number of rotatable bonds is 20. The highest BCUT2D eigenvalue weighted by molar-refractivity contribution is 5.78. The van der Waals surface area contributed by atoms with Crippen LogP contribution in [0, 0.1) is 5.92 Å². The lowest BCUT2D eigenvalue weighted by Crippen LogP contribution is -2.10. The highest BCUT2D eigenvalue weighted by Crippen LogP contribution is 2.20. The Hall–Kier alpha value is -0.590. The summed E-state index contributed by atoms with van der Waals surface area (Å²) in [5.74, 6) is 0.746. The summed E-state index contributed by atoms with van der Waals surface area (Å²) in [5, 5.41) is 0. The van der Waals surface area contributed by atoms with Crippen LogP contribution in [0.2, 0.25) is 0 Å². The monoisotopic (exact) mass is 350 g/mol. The fourth-order valence-corrected chi connectivity index (χ4v) is 3.64. The molecule has 0 rings (SSSR count). The van der Waals surface area contributed by atoms with E-state index in [1.165, 1.54) is 96.3 Å². The van der Waals surface area contributed by atoms with Crippen molar-refractivity contribution >= 4 is 5.78 Å². The van der Waals surface area contributed by atoms with Crippen molar-refractivity contribution in [1.82, 2.24) is 0 Å². The first-order valence-electron chi connectivity index (χ1n) is 11.3. The van der Waals surface area contributed by atoms with Gasteiger partial charge in [0.15, 0.2) is 0 Å². The van der Waals surface area contributed by atoms with Gasteiger partial charge >= 0.3 is 0 Å². The molecule has 0 heterocycles. The van der Waals surface area contributed by atoms with Crippen molar-refractivity contribution in [3.63, 3.8) is 0 Å². The summed E-state index contributed by atoms with van der Waals surface area (Å²) >= 11 is 0. The first kappa shape index (κ1) is 24.4. The van der Waals surface area contributed by atoms with E-state index in [-0.39, 0.29) is 0 Å². The molecule has 0 aliphatic heterocycles. The Morgan fingerprint density at radius 2 is 1.12 bits per heavy atom. The zero-order valence-corrected chi connectivity index (χ0v) is 17.5. The Morgan fingerprint density at radius 1 is 0.720 bits per heavy atom. The number of hydrogen-bond donors (Lipinski definition) is 0. The van der Waals surface area contributed by atoms with E-state index in [2.05, 4.69) is 13.5 Å². The molecule has 0 fully saturated rings. The molecule has 0 N–H and O–H groups in total. The van der Waals surface area contributed by atoms with E-state index in [1.807, 2.05) is 6.08 Å². The number of carbonyl (C=O) groups is 1. The summed E-state index contributed by atoms with van der Waals surface area (Å²) in [6.07, 6.45) is 25.6. The van der Waals surface area contributed by atoms with Gasteiger partial charge in [-0.15, -0.1) is 6.58 Å². The third-order valence-electron chi connectivity index (χ3n) is 5.44. The van der Waals surface area contributed by atoms with Crippen LogP contribution in [0.3, 0.4) is 0 Å². The second-order valence-corrected chi connectivity index (χ2v) is 7.91. The van der Waals surface area contributed by atoms with Crippen molar-refractivity contribution < 1.29 is 4.79 Å². The zero-order chi connectivity index (χ0) is 18.6. The molecule has 1 atom stereocenters. The molecule has 0 radical (unpaired) electrons. The molecular weight excluding hydrogens is 304 g/mol. The summed E-state index contributed by atoms with van der Waals surface area (Å²) < 4.78 is 0. The summed E-state index contributed by atoms with van der Waals surface area (Å²) in [6, 6.07) is 0. The normalized spacial score (nSPS) is 12.2. The molecule has 0 aromatic rings. The second kappa shape index (κ2) is 19.7. The van der Waals surface area contributed by atoms with E-state index < -0.39 is 0 Å². The third kappa shape index (κ3) is 18.0. The number of unbranched alkanes of at least 4 members (excludes halogenated alkanes) is 14. The SMILES string of the molecule is C=CCCCCCCC(CCCCCCCCCCCCC)C(C)=O. The van der Waals surface area contributed by atoms with Gasteiger partial charge in [-0.25, -0.2) is 0 Å². The van der Waals surface area contributed by atoms with Crippen molar-refractivity contribution in [2.75, 3.05) is 0 Å². The van der Waals surface area contributed by atoms with Crippen molar-refractivity contribution in [3.8, 4) is 0 Å². The predicted octanol–water partition coefficient (Wildman–Crippen LogP) is 8.42. The average molecular weight is 351 g/mol. The van der Waals surface area contributed by atoms with Gasteiger partial charge in [0.05, 0.1) is 0 Å². The number of Topliss-reactive ketones (excluding diaryl/α,β-unsaturated/α-hetero) is 1. The van der Waals surface area contributed by atoms with Crippen LogP contribution in [-0.4, -0.2) is 5.78 Å². The lowest BCUT2D eigenvalue weighted by atomic mass is 9.91. The molecular formula is C24H46O. The zero-order valence-electron chi connectivity index (χ0n) is 17.5. The van der Waals surface area contributed by atoms with Crippen LogP contribution < -0.4 is 0 Å². The summed E-state index contributed by atoms with van der Waals surface area (Å²) in [6.45, 7) is 7.84. The molecule has 0 saturated heterocycles. The van der Waals surface area contributed by atoms with Crippen LogP contribution in [0.25, 0.3) is 0 Å². The molecule has 0 bridgehead atoms. The fourth-order valence-electron chi connectivity index (χ4n) is 3.64. The van der Waals surface area contributed by atoms with Gasteiger partial charge in [-0.05, 0) is 32.6 Å². The van der Waals surface area contributed by atoms with E-state index in [0.717, 1.165) is 19.3 Å². The van der Waals surface area contributed by atoms with Crippen LogP contribution in [0.5, 0.6) is 0 Å². The maximum Gasteiger partial charge on any atom is 0.132 e. The van der Waals surface area contributed by atoms with E-state index in [1.54, 1.807) is 6.92 Å². The van der Waals surface area contributed by atoms with E-state index in [4.69, 9.17) is 0 Å². The molecule has 1 nitrogen and oxygen atoms in total. The Bertz CT molecular complexity index is 294. The number of carbonyl (C=O) groups excluding carboxylic acids is 1. The Morgan fingerprint density at radius 3 is 1.52 bits per heavy atom. The predicted molar refractivity (Wildman–Crippen MR) is 113 cm³/mol. The van der Waals surface area contributed by atoms with Crippen molar-refractivity contribution in [2.24, 2.45) is 5.92 Å². The Labute approximate surface area is 159 Å². The molecule has 0 saturated carbocycles. The van der Waals surface area contributed by atoms with Crippen LogP contribution in [0.15, 0.2) is 12.7 Å². The molecule has 148 valence electrons. The van der Waals surface area contributed by atoms with Crippen molar-refractivity contribution in [1.29, 1.82) is 0 Å². The number of hydrogen-bond acceptors (Lipinski definition) is 1. The van der Waals surface area contributed by atoms with Crippen LogP contribution in [-0.2, 0) is 4.79 Å². The van der Waals surface area contributed by atoms with Gasteiger partial charge in [-0.1, -0.05) is 103 Å². The van der Waals surface area contributed by atoms with Gasteiger partial charge in [0.2, 0.25) is 0 Å². The average Bonchev–Trinajstić information content (AvgIpc) is 2.60. The van der Waals surface area contributed by atoms with Crippen LogP contribution in [0.4, 0.5) is 0 Å². The topological polar surface area (TPSA) is 17.1 Å². The molecule has 1 heteroatoms. The first-order valence-corrected chi connectivity index (χ1v) is 11.3. The molecule has 0 aromatic carbocycles. The van der Waals surface area contributed by atoms with Gasteiger partial charge in [-0.2, -0.15) is 0 Å². The molecule has 0 aliphatic rings. The lowest BCUT2D eigenvalue weighted by molar-refractivity contribution is -0.121. The summed E-state index contributed by atoms with van der Waals surface area (Å²) in [4.78, 5) is 11.8. The fraction of sp³-hybridized carbons (Fsp3) is 0.875. The number of ketones is 1. The summed E-state index contributed by atoms with van der Waals surface area (Å²) in [7, 11) is 0. The summed E-state index contributed by atoms with van der Waals surface area (Å²) in [5.41, 5.74) is 0. The Kier molecular flexibility index (Phi) is 19.3. The van der Waals surface area contributed by atoms with E-state index >= 15 is 0 Å². The first-order chi connectivity index (χ1) is 12.2. The lowest BCUT2D eigenvalue weighted by Gasteiger charge is -2.13. The van der Waals surface area contributed by atoms with Crippen LogP contribution >= 0.6 is 0 Å². The quantitative estimate of drug-likeness (QED) is 0.159. The van der Waals surface area contributed by atoms with Crippen molar-refractivity contribution in [3.05, 3.63) is 12.7 Å². The van der Waals surface area contributed by atoms with Crippen molar-refractivity contribution in [2.45, 2.75) is 129 Å². The molecule has 25 heavy (non-hydrogen) atoms. The van der Waals surface area contributed by atoms with Gasteiger partial charge in [0, 0.05) is 5.92 Å². The minimum atomic E-state index is 0.331. The largest absolute Gasteiger partial charge is 0.300 e. The highest BCUT2D eigenvalue weighted by Gasteiger charge is 2.13. The van der Waals surface area contributed by atoms with Crippen LogP contribution in [0.1, 0.15) is 129 Å². The molecule has 0 amide bonds. The molecule has 0 aromatic heterocycles. The standard InChI is InChI=1S/C24H46O/c1-4-6-8-10-12-13-14-15-16-18-20-22-24(23(3)25)21-19-17-11-9-7-5-2/h5,24H,2,4,6-22H2,1,3H3. The van der Waals surface area contributed by atoms with Gasteiger partial charge in [0.1, 0.15) is 5.78 Å². The van der Waals surface area contributed by atoms with E-state index in [9.17, 15) is 4.79 Å². The molecule has 1 unspecified atom stereocenters. The Balaban J connectivity index is 3.45. The molecule has 0 aliphatic carbocycles. The third-order valence-corrected chi connectivity index (χ3v) is 5.44. The number of allylic oxidation sites excluding steroid dienone is 1. The smallest absolute Gasteiger partial charge is 0.132 e. The maximum atomic E-state index is 11.8. The minimum absolute atomic E-state index is 0.331. The van der Waals surface area contributed by atoms with Gasteiger partial charge < -0.3 is 0 Å². The minimum Gasteiger partial charge on any atom is -0.300 e. The molecule has 0 spiro atoms. The maximum absolute atomic E-state index is 11.8. The highest BCUT2D eigenvalue weighted by atomic mass is 16.1. The second-order valence-electron chi connectivity index (χ2n) is 7.91. The van der Waals surface area contributed by atoms with E-state index in [0.29, 0.717) is 11.7 Å². The van der Waals surface area contributed by atoms with Gasteiger partial charge in [0.25, 0.3) is 0 Å².